The number of ether oxygens (including phenoxy) is 1. The highest BCUT2D eigenvalue weighted by molar-refractivity contribution is 5.99. The zero-order valence-corrected chi connectivity index (χ0v) is 15.0. The first kappa shape index (κ1) is 19.7. The van der Waals surface area contributed by atoms with Gasteiger partial charge in [0, 0.05) is 0 Å². The van der Waals surface area contributed by atoms with Crippen molar-refractivity contribution in [2.45, 2.75) is 31.1 Å². The quantitative estimate of drug-likeness (QED) is 0.461. The summed E-state index contributed by atoms with van der Waals surface area (Å²) in [6.45, 7) is -0.932. The number of hydrogen-bond donors (Lipinski definition) is 5. The van der Waals surface area contributed by atoms with Gasteiger partial charge in [-0.25, -0.2) is 18.8 Å². The van der Waals surface area contributed by atoms with Crippen LogP contribution in [0.5, 0.6) is 0 Å². The number of aliphatic hydroxyl groups is 3. The molecule has 0 saturated carbocycles. The number of amidine groups is 1. The lowest BCUT2D eigenvalue weighted by Gasteiger charge is -2.30. The van der Waals surface area contributed by atoms with Crippen LogP contribution < -0.4 is 5.32 Å². The summed E-state index contributed by atoms with van der Waals surface area (Å²) in [5.74, 6) is -1.34. The molecular weight excluding hydrogens is 392 g/mol. The van der Waals surface area contributed by atoms with Crippen molar-refractivity contribution in [2.75, 3.05) is 18.6 Å². The Kier molecular flexibility index (Phi) is 5.19. The van der Waals surface area contributed by atoms with E-state index < -0.39 is 49.4 Å². The van der Waals surface area contributed by atoms with Gasteiger partial charge in [0.25, 0.3) is 0 Å². The van der Waals surface area contributed by atoms with Crippen LogP contribution in [0.1, 0.15) is 17.5 Å². The van der Waals surface area contributed by atoms with Gasteiger partial charge in [0.05, 0.1) is 18.5 Å². The maximum absolute atomic E-state index is 13.7. The molecule has 0 radical (unpaired) electrons. The Morgan fingerprint density at radius 2 is 2.00 bits per heavy atom. The van der Waals surface area contributed by atoms with Crippen molar-refractivity contribution in [3.63, 3.8) is 0 Å². The number of aromatic nitrogens is 2. The fourth-order valence-corrected chi connectivity index (χ4v) is 3.28. The van der Waals surface area contributed by atoms with Crippen molar-refractivity contribution in [3.8, 4) is 0 Å². The average molecular weight is 411 g/mol. The van der Waals surface area contributed by atoms with Crippen molar-refractivity contribution in [2.24, 2.45) is 0 Å². The second kappa shape index (κ2) is 7.65. The third kappa shape index (κ3) is 3.34. The Bertz CT molecular complexity index is 905. The maximum Gasteiger partial charge on any atom is 0.176 e. The van der Waals surface area contributed by atoms with E-state index in [0.717, 1.165) is 17.2 Å². The summed E-state index contributed by atoms with van der Waals surface area (Å²) < 4.78 is 34.4. The zero-order valence-electron chi connectivity index (χ0n) is 15.0. The first-order valence-electron chi connectivity index (χ1n) is 8.77. The van der Waals surface area contributed by atoms with E-state index in [2.05, 4.69) is 10.3 Å². The highest BCUT2D eigenvalue weighted by Crippen LogP contribution is 2.34. The lowest BCUT2D eigenvalue weighted by Crippen LogP contribution is -2.41. The van der Waals surface area contributed by atoms with Gasteiger partial charge in [-0.05, 0) is 12.1 Å². The molecule has 0 spiro atoms. The van der Waals surface area contributed by atoms with Crippen molar-refractivity contribution in [1.29, 1.82) is 5.41 Å². The standard InChI is InChI=1S/C17H19F2N5O5/c18-9-2-1-3-10(19)8(9)5-28-24-7-22-16-12(15(24)20)21-6-23(16)17-14(27)13(26)11(4-25)29-17/h1-3,6,11,13-14,17,20,22,25-27H,4-5,7H2/t11-,13-,14-,17-/m1/s1. The largest absolute Gasteiger partial charge is 0.394 e. The van der Waals surface area contributed by atoms with E-state index in [9.17, 15) is 24.1 Å². The van der Waals surface area contributed by atoms with Gasteiger partial charge in [0.2, 0.25) is 0 Å². The van der Waals surface area contributed by atoms with Gasteiger partial charge in [-0.3, -0.25) is 14.8 Å². The van der Waals surface area contributed by atoms with E-state index in [-0.39, 0.29) is 23.8 Å². The molecule has 12 heteroatoms. The van der Waals surface area contributed by atoms with Crippen LogP contribution in [-0.2, 0) is 16.2 Å². The molecule has 29 heavy (non-hydrogen) atoms. The van der Waals surface area contributed by atoms with Crippen LogP contribution in [0.25, 0.3) is 0 Å². The molecule has 4 rings (SSSR count). The van der Waals surface area contributed by atoms with E-state index in [1.54, 1.807) is 0 Å². The number of fused-ring (bicyclic) bond motifs is 1. The SMILES string of the molecule is N=C1c2ncn([C@@H]3O[C@H](CO)[C@@H](O)[C@H]3O)c2NCN1OCc1c(F)cccc1F. The topological polar surface area (TPSA) is 136 Å². The monoisotopic (exact) mass is 411 g/mol. The number of imidazole rings is 1. The van der Waals surface area contributed by atoms with Crippen LogP contribution in [0.15, 0.2) is 24.5 Å². The molecule has 2 aromatic rings. The minimum absolute atomic E-state index is 0.0393. The zero-order chi connectivity index (χ0) is 20.7. The summed E-state index contributed by atoms with van der Waals surface area (Å²) in [4.78, 5) is 9.47. The first-order valence-corrected chi connectivity index (χ1v) is 8.77. The maximum atomic E-state index is 13.7. The molecular formula is C17H19F2N5O5. The van der Waals surface area contributed by atoms with Crippen LogP contribution >= 0.6 is 0 Å². The number of benzene rings is 1. The fraction of sp³-hybridized carbons (Fsp3) is 0.412. The number of nitrogens with one attached hydrogen (secondary N) is 2. The summed E-state index contributed by atoms with van der Waals surface area (Å²) in [5, 5.41) is 41.6. The lowest BCUT2D eigenvalue weighted by atomic mass is 10.1. The van der Waals surface area contributed by atoms with Crippen LogP contribution in [-0.4, -0.2) is 67.4 Å². The molecule has 156 valence electrons. The highest BCUT2D eigenvalue weighted by Gasteiger charge is 2.45. The minimum Gasteiger partial charge on any atom is -0.394 e. The Labute approximate surface area is 163 Å². The van der Waals surface area contributed by atoms with Gasteiger partial charge < -0.3 is 25.4 Å². The number of halogens is 2. The molecule has 1 aromatic heterocycles. The van der Waals surface area contributed by atoms with Crippen LogP contribution in [0.3, 0.4) is 0 Å². The van der Waals surface area contributed by atoms with Crippen molar-refractivity contribution in [1.82, 2.24) is 14.6 Å². The highest BCUT2D eigenvalue weighted by atomic mass is 19.1. The van der Waals surface area contributed by atoms with E-state index in [1.807, 2.05) is 0 Å². The molecule has 0 bridgehead atoms. The molecule has 4 atom stereocenters. The molecule has 1 saturated heterocycles. The normalized spacial score (nSPS) is 26.5. The second-order valence-electron chi connectivity index (χ2n) is 6.61. The van der Waals surface area contributed by atoms with Gasteiger partial charge in [-0.1, -0.05) is 6.07 Å². The van der Waals surface area contributed by atoms with Gasteiger partial charge in [0.1, 0.15) is 54.7 Å². The lowest BCUT2D eigenvalue weighted by molar-refractivity contribution is -0.109. The predicted molar refractivity (Wildman–Crippen MR) is 93.5 cm³/mol. The van der Waals surface area contributed by atoms with Crippen LogP contribution in [0, 0.1) is 17.0 Å². The van der Waals surface area contributed by atoms with Gasteiger partial charge in [0.15, 0.2) is 12.1 Å². The number of nitrogens with zero attached hydrogens (tertiary/aromatic N) is 3. The average Bonchev–Trinajstić information content (AvgIpc) is 3.25. The van der Waals surface area contributed by atoms with Crippen LogP contribution in [0.4, 0.5) is 14.6 Å². The molecule has 2 aliphatic rings. The van der Waals surface area contributed by atoms with E-state index in [0.29, 0.717) is 5.82 Å². The third-order valence-electron chi connectivity index (χ3n) is 4.88. The van der Waals surface area contributed by atoms with E-state index in [1.165, 1.54) is 17.0 Å². The number of rotatable bonds is 5. The van der Waals surface area contributed by atoms with Gasteiger partial charge in [-0.2, -0.15) is 0 Å². The Hall–Kier alpha value is -2.64. The number of hydrogen-bond acceptors (Lipinski definition) is 8. The molecule has 5 N–H and O–H groups in total. The fourth-order valence-electron chi connectivity index (χ4n) is 3.28. The van der Waals surface area contributed by atoms with Crippen molar-refractivity contribution >= 4 is 11.7 Å². The molecule has 2 aliphatic heterocycles. The second-order valence-corrected chi connectivity index (χ2v) is 6.61. The van der Waals surface area contributed by atoms with Gasteiger partial charge >= 0.3 is 0 Å². The van der Waals surface area contributed by atoms with Crippen molar-refractivity contribution < 1.29 is 33.7 Å². The van der Waals surface area contributed by atoms with Crippen molar-refractivity contribution in [3.05, 3.63) is 47.4 Å². The summed E-state index contributed by atoms with van der Waals surface area (Å²) in [6, 6.07) is 3.47. The van der Waals surface area contributed by atoms with Crippen LogP contribution in [0.2, 0.25) is 0 Å². The summed E-state index contributed by atoms with van der Waals surface area (Å²) in [6.07, 6.45) is -3.24. The van der Waals surface area contributed by atoms with E-state index >= 15 is 0 Å². The first-order chi connectivity index (χ1) is 13.9. The third-order valence-corrected chi connectivity index (χ3v) is 4.88. The Morgan fingerprint density at radius 3 is 2.66 bits per heavy atom. The molecule has 1 aromatic carbocycles. The minimum atomic E-state index is -1.31. The Morgan fingerprint density at radius 1 is 1.28 bits per heavy atom. The summed E-state index contributed by atoms with van der Waals surface area (Å²) in [7, 11) is 0. The van der Waals surface area contributed by atoms with Gasteiger partial charge in [-0.15, -0.1) is 0 Å². The molecule has 10 nitrogen and oxygen atoms in total. The number of anilines is 1. The molecule has 0 aliphatic carbocycles. The summed E-state index contributed by atoms with van der Waals surface area (Å²) in [5.41, 5.74) is -0.105. The number of hydroxylamine groups is 2. The smallest absolute Gasteiger partial charge is 0.176 e. The molecule has 0 amide bonds. The van der Waals surface area contributed by atoms with E-state index in [4.69, 9.17) is 15.0 Å². The molecule has 0 unspecified atom stereocenters. The summed E-state index contributed by atoms with van der Waals surface area (Å²) >= 11 is 0. The molecule has 3 heterocycles. The predicted octanol–water partition coefficient (Wildman–Crippen LogP) is -0.0850. The molecule has 1 fully saturated rings. The number of aliphatic hydroxyl groups excluding tert-OH is 3. The Balaban J connectivity index is 1.50.